The zero-order valence-corrected chi connectivity index (χ0v) is 12.3. The SMILES string of the molecule is COc1cc2c(cc1C)C1COc3ncccc3N1CC2. The van der Waals surface area contributed by atoms with Crippen molar-refractivity contribution in [3.8, 4) is 11.6 Å². The van der Waals surface area contributed by atoms with Crippen LogP contribution in [0.15, 0.2) is 30.5 Å². The molecule has 108 valence electrons. The van der Waals surface area contributed by atoms with Crippen molar-refractivity contribution in [3.05, 3.63) is 47.2 Å². The van der Waals surface area contributed by atoms with Crippen LogP contribution in [0.25, 0.3) is 0 Å². The van der Waals surface area contributed by atoms with Crippen LogP contribution in [0.3, 0.4) is 0 Å². The van der Waals surface area contributed by atoms with E-state index in [1.54, 1.807) is 13.3 Å². The molecule has 2 aliphatic heterocycles. The molecular weight excluding hydrogens is 264 g/mol. The fourth-order valence-electron chi connectivity index (χ4n) is 3.40. The molecule has 0 spiro atoms. The second-order valence-corrected chi connectivity index (χ2v) is 5.62. The summed E-state index contributed by atoms with van der Waals surface area (Å²) in [6.45, 7) is 3.74. The van der Waals surface area contributed by atoms with Crippen molar-refractivity contribution in [2.75, 3.05) is 25.2 Å². The molecule has 0 amide bonds. The topological polar surface area (TPSA) is 34.6 Å². The Hall–Kier alpha value is -2.23. The van der Waals surface area contributed by atoms with Crippen LogP contribution in [-0.2, 0) is 6.42 Å². The molecule has 1 unspecified atom stereocenters. The summed E-state index contributed by atoms with van der Waals surface area (Å²) in [5.41, 5.74) is 5.01. The molecule has 0 saturated carbocycles. The molecule has 4 nitrogen and oxygen atoms in total. The third-order valence-corrected chi connectivity index (χ3v) is 4.45. The average molecular weight is 282 g/mol. The van der Waals surface area contributed by atoms with Crippen molar-refractivity contribution in [1.82, 2.24) is 4.98 Å². The fraction of sp³-hybridized carbons (Fsp3) is 0.353. The number of rotatable bonds is 1. The zero-order chi connectivity index (χ0) is 14.4. The van der Waals surface area contributed by atoms with Crippen molar-refractivity contribution in [1.29, 1.82) is 0 Å². The van der Waals surface area contributed by atoms with Crippen molar-refractivity contribution >= 4 is 5.69 Å². The van der Waals surface area contributed by atoms with E-state index in [0.717, 1.165) is 30.3 Å². The number of aryl methyl sites for hydroxylation is 1. The highest BCUT2D eigenvalue weighted by atomic mass is 16.5. The second kappa shape index (κ2) is 4.65. The highest BCUT2D eigenvalue weighted by molar-refractivity contribution is 5.61. The minimum Gasteiger partial charge on any atom is -0.496 e. The summed E-state index contributed by atoms with van der Waals surface area (Å²) in [5.74, 6) is 1.73. The third-order valence-electron chi connectivity index (χ3n) is 4.45. The largest absolute Gasteiger partial charge is 0.496 e. The highest BCUT2D eigenvalue weighted by Crippen LogP contribution is 2.42. The molecule has 0 saturated heterocycles. The predicted octanol–water partition coefficient (Wildman–Crippen LogP) is 2.89. The number of pyridine rings is 1. The maximum absolute atomic E-state index is 5.86. The van der Waals surface area contributed by atoms with Crippen LogP contribution >= 0.6 is 0 Å². The lowest BCUT2D eigenvalue weighted by atomic mass is 9.90. The summed E-state index contributed by atoms with van der Waals surface area (Å²) in [6.07, 6.45) is 2.81. The molecule has 1 aromatic heterocycles. The van der Waals surface area contributed by atoms with E-state index in [4.69, 9.17) is 9.47 Å². The van der Waals surface area contributed by atoms with Crippen molar-refractivity contribution in [3.63, 3.8) is 0 Å². The molecule has 21 heavy (non-hydrogen) atoms. The van der Waals surface area contributed by atoms with Gasteiger partial charge in [-0.2, -0.15) is 0 Å². The van der Waals surface area contributed by atoms with Crippen molar-refractivity contribution in [2.45, 2.75) is 19.4 Å². The quantitative estimate of drug-likeness (QED) is 0.805. The van der Waals surface area contributed by atoms with Gasteiger partial charge in [-0.15, -0.1) is 0 Å². The van der Waals surface area contributed by atoms with Crippen LogP contribution in [0.5, 0.6) is 11.6 Å². The summed E-state index contributed by atoms with van der Waals surface area (Å²) in [7, 11) is 1.73. The maximum Gasteiger partial charge on any atom is 0.237 e. The first-order valence-corrected chi connectivity index (χ1v) is 7.30. The van der Waals surface area contributed by atoms with Gasteiger partial charge in [-0.1, -0.05) is 0 Å². The molecule has 0 radical (unpaired) electrons. The average Bonchev–Trinajstić information content (AvgIpc) is 2.53. The van der Waals surface area contributed by atoms with Gasteiger partial charge in [0.15, 0.2) is 0 Å². The number of ether oxygens (including phenoxy) is 2. The standard InChI is InChI=1S/C17H18N2O2/c1-11-8-13-12(9-16(11)20-2)5-7-19-14-4-3-6-18-17(14)21-10-15(13)19/h3-4,6,8-9,15H,5,7,10H2,1-2H3. The zero-order valence-electron chi connectivity index (χ0n) is 12.3. The predicted molar refractivity (Wildman–Crippen MR) is 81.3 cm³/mol. The molecule has 1 aromatic carbocycles. The molecule has 2 aliphatic rings. The number of methoxy groups -OCH3 is 1. The van der Waals surface area contributed by atoms with Gasteiger partial charge in [0.25, 0.3) is 0 Å². The molecular formula is C17H18N2O2. The Kier molecular flexibility index (Phi) is 2.77. The monoisotopic (exact) mass is 282 g/mol. The Bertz CT molecular complexity index is 699. The first-order valence-electron chi connectivity index (χ1n) is 7.30. The molecule has 4 heteroatoms. The van der Waals surface area contributed by atoms with Gasteiger partial charge < -0.3 is 14.4 Å². The van der Waals surface area contributed by atoms with Gasteiger partial charge in [0, 0.05) is 12.7 Å². The fourth-order valence-corrected chi connectivity index (χ4v) is 3.40. The van der Waals surface area contributed by atoms with Gasteiger partial charge in [0.1, 0.15) is 18.0 Å². The highest BCUT2D eigenvalue weighted by Gasteiger charge is 2.34. The van der Waals surface area contributed by atoms with Crippen LogP contribution in [0.2, 0.25) is 0 Å². The first-order chi connectivity index (χ1) is 10.3. The summed E-state index contributed by atoms with van der Waals surface area (Å²) in [5, 5.41) is 0. The molecule has 0 bridgehead atoms. The van der Waals surface area contributed by atoms with Gasteiger partial charge in [-0.3, -0.25) is 0 Å². The molecule has 0 N–H and O–H groups in total. The number of aromatic nitrogens is 1. The Labute approximate surface area is 124 Å². The molecule has 2 aromatic rings. The second-order valence-electron chi connectivity index (χ2n) is 5.62. The number of nitrogens with zero attached hydrogens (tertiary/aromatic N) is 2. The lowest BCUT2D eigenvalue weighted by molar-refractivity contribution is 0.249. The Morgan fingerprint density at radius 2 is 2.29 bits per heavy atom. The van der Waals surface area contributed by atoms with E-state index in [0.29, 0.717) is 6.61 Å². The Morgan fingerprint density at radius 1 is 1.38 bits per heavy atom. The minimum absolute atomic E-state index is 0.273. The van der Waals surface area contributed by atoms with Gasteiger partial charge in [0.05, 0.1) is 13.2 Å². The van der Waals surface area contributed by atoms with Crippen LogP contribution in [-0.4, -0.2) is 25.2 Å². The van der Waals surface area contributed by atoms with E-state index in [-0.39, 0.29) is 6.04 Å². The van der Waals surface area contributed by atoms with E-state index in [9.17, 15) is 0 Å². The first kappa shape index (κ1) is 12.5. The van der Waals surface area contributed by atoms with Crippen LogP contribution < -0.4 is 14.4 Å². The number of hydrogen-bond donors (Lipinski definition) is 0. The van der Waals surface area contributed by atoms with Crippen molar-refractivity contribution in [2.24, 2.45) is 0 Å². The Balaban J connectivity index is 1.80. The minimum atomic E-state index is 0.273. The van der Waals surface area contributed by atoms with E-state index < -0.39 is 0 Å². The molecule has 1 atom stereocenters. The summed E-state index contributed by atoms with van der Waals surface area (Å²) in [4.78, 5) is 6.74. The molecule has 4 rings (SSSR count). The number of anilines is 1. The van der Waals surface area contributed by atoms with E-state index in [1.165, 1.54) is 16.7 Å². The lowest BCUT2D eigenvalue weighted by Gasteiger charge is -2.42. The van der Waals surface area contributed by atoms with E-state index >= 15 is 0 Å². The van der Waals surface area contributed by atoms with Crippen LogP contribution in [0.1, 0.15) is 22.7 Å². The number of benzene rings is 1. The maximum atomic E-state index is 5.86. The van der Waals surface area contributed by atoms with Gasteiger partial charge >= 0.3 is 0 Å². The van der Waals surface area contributed by atoms with Crippen LogP contribution in [0.4, 0.5) is 5.69 Å². The lowest BCUT2D eigenvalue weighted by Crippen LogP contribution is -2.41. The number of fused-ring (bicyclic) bond motifs is 5. The summed E-state index contributed by atoms with van der Waals surface area (Å²) < 4.78 is 11.3. The Morgan fingerprint density at radius 3 is 3.14 bits per heavy atom. The van der Waals surface area contributed by atoms with Crippen molar-refractivity contribution < 1.29 is 9.47 Å². The van der Waals surface area contributed by atoms with E-state index in [1.807, 2.05) is 6.07 Å². The molecule has 0 aliphatic carbocycles. The summed E-state index contributed by atoms with van der Waals surface area (Å²) >= 11 is 0. The number of hydrogen-bond acceptors (Lipinski definition) is 4. The van der Waals surface area contributed by atoms with Gasteiger partial charge in [0.2, 0.25) is 5.88 Å². The van der Waals surface area contributed by atoms with Gasteiger partial charge in [-0.05, 0) is 54.3 Å². The molecule has 0 fully saturated rings. The molecule has 3 heterocycles. The third kappa shape index (κ3) is 1.86. The van der Waals surface area contributed by atoms with Crippen LogP contribution in [0, 0.1) is 6.92 Å². The normalized spacial score (nSPS) is 19.1. The summed E-state index contributed by atoms with van der Waals surface area (Å²) in [6, 6.07) is 8.76. The van der Waals surface area contributed by atoms with E-state index in [2.05, 4.69) is 35.0 Å². The smallest absolute Gasteiger partial charge is 0.237 e. The van der Waals surface area contributed by atoms with Gasteiger partial charge in [-0.25, -0.2) is 4.98 Å².